The molecule has 0 aliphatic rings. The zero-order chi connectivity index (χ0) is 12.0. The summed E-state index contributed by atoms with van der Waals surface area (Å²) in [4.78, 5) is 13.9. The second-order valence-electron chi connectivity index (χ2n) is 3.07. The topological polar surface area (TPSA) is 120 Å². The highest BCUT2D eigenvalue weighted by Gasteiger charge is 1.99. The third-order valence-electron chi connectivity index (χ3n) is 1.82. The summed E-state index contributed by atoms with van der Waals surface area (Å²) in [6.45, 7) is 0.577. The molecule has 7 heteroatoms. The predicted octanol–water partition coefficient (Wildman–Crippen LogP) is -0.0847. The molecule has 0 radical (unpaired) electrons. The molecule has 1 aromatic carbocycles. The third kappa shape index (κ3) is 3.93. The van der Waals surface area contributed by atoms with Crippen molar-refractivity contribution in [2.45, 2.75) is 6.42 Å². The normalized spacial score (nSPS) is 11.2. The van der Waals surface area contributed by atoms with Gasteiger partial charge in [-0.3, -0.25) is 0 Å². The summed E-state index contributed by atoms with van der Waals surface area (Å²) in [5.74, 6) is -0.253. The van der Waals surface area contributed by atoms with Crippen LogP contribution >= 0.6 is 0 Å². The summed E-state index contributed by atoms with van der Waals surface area (Å²) >= 11 is 0. The van der Waals surface area contributed by atoms with Crippen LogP contribution in [0.3, 0.4) is 0 Å². The van der Waals surface area contributed by atoms with Gasteiger partial charge in [-0.1, -0.05) is 17.6 Å². The molecule has 0 atom stereocenters. The van der Waals surface area contributed by atoms with Crippen molar-refractivity contribution in [1.29, 1.82) is 0 Å². The molecule has 0 saturated heterocycles. The molecular weight excluding hydrogens is 210 g/mol. The van der Waals surface area contributed by atoms with Gasteiger partial charge in [-0.25, -0.2) is 15.1 Å². The summed E-state index contributed by atoms with van der Waals surface area (Å²) in [7, 11) is 0. The fraction of sp³-hybridized carbons (Fsp3) is 0.222. The predicted molar refractivity (Wildman–Crippen MR) is 60.6 cm³/mol. The van der Waals surface area contributed by atoms with Gasteiger partial charge in [0.25, 0.3) is 5.96 Å². The first kappa shape index (κ1) is 11.9. The number of hydrogen-bond donors (Lipinski definition) is 3. The van der Waals surface area contributed by atoms with E-state index in [1.54, 1.807) is 17.6 Å². The number of hydrazine groups is 1. The van der Waals surface area contributed by atoms with Crippen LogP contribution in [0.25, 0.3) is 0 Å². The summed E-state index contributed by atoms with van der Waals surface area (Å²) < 4.78 is 0. The van der Waals surface area contributed by atoms with E-state index < -0.39 is 5.03 Å². The highest BCUT2D eigenvalue weighted by Crippen LogP contribution is 2.12. The zero-order valence-electron chi connectivity index (χ0n) is 8.59. The maximum Gasteiger partial charge on any atom is 0.256 e. The van der Waals surface area contributed by atoms with Gasteiger partial charge in [-0.05, 0) is 30.7 Å². The first-order chi connectivity index (χ1) is 7.61. The average Bonchev–Trinajstić information content (AvgIpc) is 2.20. The van der Waals surface area contributed by atoms with Crippen molar-refractivity contribution in [3.05, 3.63) is 39.9 Å². The van der Waals surface area contributed by atoms with Crippen molar-refractivity contribution in [1.82, 2.24) is 5.43 Å². The Morgan fingerprint density at radius 1 is 1.44 bits per heavy atom. The van der Waals surface area contributed by atoms with Gasteiger partial charge in [-0.2, -0.15) is 0 Å². The Morgan fingerprint density at radius 2 is 2.06 bits per heavy atom. The second kappa shape index (κ2) is 5.66. The molecular formula is C9H13N5O2. The molecule has 0 spiro atoms. The lowest BCUT2D eigenvalue weighted by Crippen LogP contribution is -2.35. The quantitative estimate of drug-likeness (QED) is 0.285. The molecule has 7 nitrogen and oxygen atoms in total. The summed E-state index contributed by atoms with van der Waals surface area (Å²) in [5, 5.41) is 9.30. The van der Waals surface area contributed by atoms with E-state index >= 15 is 0 Å². The molecule has 86 valence electrons. The van der Waals surface area contributed by atoms with E-state index in [4.69, 9.17) is 11.5 Å². The molecule has 0 amide bonds. The van der Waals surface area contributed by atoms with Crippen molar-refractivity contribution in [3.8, 4) is 0 Å². The third-order valence-corrected chi connectivity index (χ3v) is 1.82. The minimum atomic E-state index is -0.762. The second-order valence-corrected chi connectivity index (χ2v) is 3.07. The number of nitrogens with one attached hydrogen (secondary N) is 1. The zero-order valence-corrected chi connectivity index (χ0v) is 8.59. The standard InChI is InChI=1S/C9H13N5O2/c10-6-5-7-1-3-8(4-2-7)12-9(11)13-14(15)16/h1-4H,5-6,10H2,(H3,11,12,13). The molecule has 0 aromatic heterocycles. The van der Waals surface area contributed by atoms with E-state index in [0.717, 1.165) is 12.0 Å². The molecule has 0 bridgehead atoms. The Labute approximate surface area is 92.3 Å². The lowest BCUT2D eigenvalue weighted by Gasteiger charge is -2.00. The highest BCUT2D eigenvalue weighted by molar-refractivity contribution is 5.79. The van der Waals surface area contributed by atoms with Crippen LogP contribution in [-0.4, -0.2) is 17.5 Å². The monoisotopic (exact) mass is 223 g/mol. The Kier molecular flexibility index (Phi) is 4.22. The molecule has 0 aliphatic heterocycles. The average molecular weight is 223 g/mol. The molecule has 16 heavy (non-hydrogen) atoms. The summed E-state index contributed by atoms with van der Waals surface area (Å²) in [6.07, 6.45) is 0.784. The van der Waals surface area contributed by atoms with Crippen molar-refractivity contribution >= 4 is 11.6 Å². The van der Waals surface area contributed by atoms with E-state index in [0.29, 0.717) is 12.2 Å². The largest absolute Gasteiger partial charge is 0.365 e. The van der Waals surface area contributed by atoms with Crippen molar-refractivity contribution in [2.75, 3.05) is 6.54 Å². The maximum atomic E-state index is 10.1. The number of benzene rings is 1. The van der Waals surface area contributed by atoms with Crippen LogP contribution < -0.4 is 16.9 Å². The number of hydrogen-bond acceptors (Lipinski definition) is 4. The van der Waals surface area contributed by atoms with Gasteiger partial charge in [0.15, 0.2) is 5.03 Å². The SMILES string of the molecule is NCCc1ccc(N=C(N)N[N+](=O)[O-])cc1. The minimum Gasteiger partial charge on any atom is -0.365 e. The molecule has 0 fully saturated rings. The van der Waals surface area contributed by atoms with Gasteiger partial charge in [-0.15, -0.1) is 0 Å². The number of guanidine groups is 1. The number of nitrogens with two attached hydrogens (primary N) is 2. The molecule has 0 aliphatic carbocycles. The van der Waals surface area contributed by atoms with Crippen LogP contribution in [0.2, 0.25) is 0 Å². The first-order valence-electron chi connectivity index (χ1n) is 4.66. The van der Waals surface area contributed by atoms with Crippen molar-refractivity contribution in [2.24, 2.45) is 16.5 Å². The number of nitrogens with zero attached hydrogens (tertiary/aromatic N) is 2. The molecule has 0 unspecified atom stereocenters. The summed E-state index contributed by atoms with van der Waals surface area (Å²) in [5.41, 5.74) is 14.1. The maximum absolute atomic E-state index is 10.1. The van der Waals surface area contributed by atoms with Gasteiger partial charge < -0.3 is 11.5 Å². The molecule has 0 saturated carbocycles. The number of rotatable bonds is 4. The van der Waals surface area contributed by atoms with Crippen LogP contribution in [0.5, 0.6) is 0 Å². The van der Waals surface area contributed by atoms with Gasteiger partial charge in [0, 0.05) is 0 Å². The van der Waals surface area contributed by atoms with Gasteiger partial charge in [0.1, 0.15) is 0 Å². The van der Waals surface area contributed by atoms with Crippen molar-refractivity contribution in [3.63, 3.8) is 0 Å². The number of aliphatic imine (C=N–C) groups is 1. The van der Waals surface area contributed by atoms with E-state index in [-0.39, 0.29) is 5.96 Å². The summed E-state index contributed by atoms with van der Waals surface area (Å²) in [6, 6.07) is 7.15. The van der Waals surface area contributed by atoms with E-state index in [2.05, 4.69) is 4.99 Å². The first-order valence-corrected chi connectivity index (χ1v) is 4.66. The van der Waals surface area contributed by atoms with E-state index in [1.807, 2.05) is 12.1 Å². The highest BCUT2D eigenvalue weighted by atomic mass is 16.7. The van der Waals surface area contributed by atoms with Gasteiger partial charge >= 0.3 is 0 Å². The molecule has 1 rings (SSSR count). The Bertz CT molecular complexity index is 387. The van der Waals surface area contributed by atoms with Crippen LogP contribution in [0.1, 0.15) is 5.56 Å². The molecule has 1 aromatic rings. The lowest BCUT2D eigenvalue weighted by atomic mass is 10.1. The van der Waals surface area contributed by atoms with Crippen LogP contribution in [0.15, 0.2) is 29.3 Å². The molecule has 0 heterocycles. The van der Waals surface area contributed by atoms with Crippen molar-refractivity contribution < 1.29 is 5.03 Å². The number of nitro groups is 1. The lowest BCUT2D eigenvalue weighted by molar-refractivity contribution is -0.525. The minimum absolute atomic E-state index is 0.253. The smallest absolute Gasteiger partial charge is 0.256 e. The van der Waals surface area contributed by atoms with E-state index in [1.165, 1.54) is 0 Å². The van der Waals surface area contributed by atoms with Gasteiger partial charge in [0.2, 0.25) is 0 Å². The van der Waals surface area contributed by atoms with Crippen LogP contribution in [-0.2, 0) is 6.42 Å². The van der Waals surface area contributed by atoms with Crippen LogP contribution in [0.4, 0.5) is 5.69 Å². The Hall–Kier alpha value is -2.15. The van der Waals surface area contributed by atoms with E-state index in [9.17, 15) is 10.1 Å². The fourth-order valence-electron chi connectivity index (χ4n) is 1.16. The van der Waals surface area contributed by atoms with Crippen LogP contribution in [0, 0.1) is 10.1 Å². The Balaban J connectivity index is 2.70. The van der Waals surface area contributed by atoms with Gasteiger partial charge in [0.05, 0.1) is 5.69 Å². The Morgan fingerprint density at radius 3 is 2.56 bits per heavy atom. The molecule has 5 N–H and O–H groups in total. The fourth-order valence-corrected chi connectivity index (χ4v) is 1.16.